The summed E-state index contributed by atoms with van der Waals surface area (Å²) in [5.41, 5.74) is 0.701. The van der Waals surface area contributed by atoms with Gasteiger partial charge in [0, 0.05) is 6.07 Å². The van der Waals surface area contributed by atoms with Gasteiger partial charge in [0.1, 0.15) is 18.7 Å². The maximum Gasteiger partial charge on any atom is 0.277 e. The number of hydrogen-bond acceptors (Lipinski definition) is 4. The zero-order valence-electron chi connectivity index (χ0n) is 9.68. The fourth-order valence-electron chi connectivity index (χ4n) is 1.38. The molecule has 1 amide bonds. The van der Waals surface area contributed by atoms with Gasteiger partial charge in [-0.2, -0.15) is 0 Å². The van der Waals surface area contributed by atoms with Gasteiger partial charge in [-0.05, 0) is 18.2 Å². The molecule has 0 aliphatic rings. The van der Waals surface area contributed by atoms with Crippen LogP contribution in [-0.4, -0.2) is 22.8 Å². The summed E-state index contributed by atoms with van der Waals surface area (Å²) in [5, 5.41) is 14.7. The van der Waals surface area contributed by atoms with E-state index in [4.69, 9.17) is 5.11 Å². The van der Waals surface area contributed by atoms with E-state index in [1.54, 1.807) is 0 Å². The van der Waals surface area contributed by atoms with Crippen molar-refractivity contribution in [2.24, 2.45) is 0 Å². The molecule has 0 aliphatic carbocycles. The van der Waals surface area contributed by atoms with E-state index in [0.717, 1.165) is 0 Å². The number of aliphatic hydroxyl groups is 1. The lowest BCUT2D eigenvalue weighted by molar-refractivity contribution is 0.101. The average molecular weight is 260 g/mol. The van der Waals surface area contributed by atoms with Crippen LogP contribution in [0.15, 0.2) is 35.1 Å². The van der Waals surface area contributed by atoms with E-state index in [2.05, 4.69) is 26.8 Å². The van der Waals surface area contributed by atoms with Crippen molar-refractivity contribution in [3.05, 3.63) is 47.6 Å². The lowest BCUT2D eigenvalue weighted by Crippen LogP contribution is -2.13. The first-order valence-electron chi connectivity index (χ1n) is 5.31. The van der Waals surface area contributed by atoms with Gasteiger partial charge in [0.05, 0.1) is 11.3 Å². The second kappa shape index (κ2) is 5.80. The second-order valence-electron chi connectivity index (χ2n) is 3.49. The Hall–Kier alpha value is -2.65. The number of rotatable bonds is 2. The molecule has 0 aliphatic heterocycles. The first kappa shape index (κ1) is 12.8. The third kappa shape index (κ3) is 3.18. The topological polar surface area (TPSA) is 75.4 Å². The Morgan fingerprint density at radius 1 is 1.47 bits per heavy atom. The van der Waals surface area contributed by atoms with Crippen molar-refractivity contribution in [2.75, 3.05) is 11.9 Å². The van der Waals surface area contributed by atoms with Crippen LogP contribution in [0.25, 0.3) is 0 Å². The van der Waals surface area contributed by atoms with Crippen molar-refractivity contribution in [1.82, 2.24) is 5.16 Å². The number of nitrogens with zero attached hydrogens (tertiary/aromatic N) is 1. The van der Waals surface area contributed by atoms with Crippen LogP contribution in [-0.2, 0) is 0 Å². The molecule has 0 bridgehead atoms. The van der Waals surface area contributed by atoms with E-state index in [9.17, 15) is 9.18 Å². The molecule has 96 valence electrons. The smallest absolute Gasteiger partial charge is 0.277 e. The molecular weight excluding hydrogens is 251 g/mol. The zero-order valence-corrected chi connectivity index (χ0v) is 9.68. The van der Waals surface area contributed by atoms with Crippen molar-refractivity contribution in [2.45, 2.75) is 0 Å². The normalized spacial score (nSPS) is 9.58. The minimum Gasteiger partial charge on any atom is -0.384 e. The third-order valence-electron chi connectivity index (χ3n) is 2.20. The van der Waals surface area contributed by atoms with E-state index in [1.165, 1.54) is 30.5 Å². The predicted octanol–water partition coefficient (Wildman–Crippen LogP) is 1.41. The largest absolute Gasteiger partial charge is 0.384 e. The average Bonchev–Trinajstić information content (AvgIpc) is 2.93. The molecule has 0 spiro atoms. The minimum atomic E-state index is -0.493. The lowest BCUT2D eigenvalue weighted by atomic mass is 10.1. The first-order valence-corrected chi connectivity index (χ1v) is 5.31. The molecule has 1 heterocycles. The molecule has 5 nitrogen and oxygen atoms in total. The van der Waals surface area contributed by atoms with Gasteiger partial charge in [0.15, 0.2) is 5.69 Å². The van der Waals surface area contributed by atoms with Crippen molar-refractivity contribution in [1.29, 1.82) is 0 Å². The molecule has 2 N–H and O–H groups in total. The molecule has 2 aromatic rings. The highest BCUT2D eigenvalue weighted by molar-refractivity contribution is 6.03. The summed E-state index contributed by atoms with van der Waals surface area (Å²) >= 11 is 0. The number of nitrogens with one attached hydrogen (secondary N) is 1. The molecule has 2 rings (SSSR count). The molecule has 1 aromatic carbocycles. The molecular formula is C13H9FN2O3. The summed E-state index contributed by atoms with van der Waals surface area (Å²) in [4.78, 5) is 11.8. The van der Waals surface area contributed by atoms with Crippen LogP contribution < -0.4 is 5.32 Å². The van der Waals surface area contributed by atoms with Crippen LogP contribution in [0.4, 0.5) is 10.1 Å². The Morgan fingerprint density at radius 3 is 3.00 bits per heavy atom. The van der Waals surface area contributed by atoms with Crippen molar-refractivity contribution >= 4 is 11.6 Å². The van der Waals surface area contributed by atoms with Crippen molar-refractivity contribution in [3.8, 4) is 11.8 Å². The molecule has 0 radical (unpaired) electrons. The molecule has 19 heavy (non-hydrogen) atoms. The summed E-state index contributed by atoms with van der Waals surface area (Å²) in [6, 6.07) is 5.15. The van der Waals surface area contributed by atoms with Crippen LogP contribution in [0.3, 0.4) is 0 Å². The van der Waals surface area contributed by atoms with Crippen LogP contribution >= 0.6 is 0 Å². The number of carbonyl (C=O) groups is 1. The number of aliphatic hydroxyl groups excluding tert-OH is 1. The molecule has 0 saturated carbocycles. The van der Waals surface area contributed by atoms with Crippen LogP contribution in [0, 0.1) is 17.7 Å². The van der Waals surface area contributed by atoms with Gasteiger partial charge in [-0.1, -0.05) is 17.0 Å². The Bertz CT molecular complexity index is 642. The summed E-state index contributed by atoms with van der Waals surface area (Å²) in [6.07, 6.45) is 1.27. The number of hydrogen-bond donors (Lipinski definition) is 2. The van der Waals surface area contributed by atoms with Gasteiger partial charge in [0.25, 0.3) is 5.91 Å². The van der Waals surface area contributed by atoms with E-state index < -0.39 is 11.7 Å². The quantitative estimate of drug-likeness (QED) is 0.800. The number of aromatic nitrogens is 1. The number of anilines is 1. The van der Waals surface area contributed by atoms with Gasteiger partial charge in [0.2, 0.25) is 0 Å². The fourth-order valence-corrected chi connectivity index (χ4v) is 1.38. The van der Waals surface area contributed by atoms with E-state index in [-0.39, 0.29) is 17.9 Å². The van der Waals surface area contributed by atoms with Gasteiger partial charge in [-0.15, -0.1) is 0 Å². The maximum absolute atomic E-state index is 13.1. The Kier molecular flexibility index (Phi) is 3.90. The minimum absolute atomic E-state index is 0.102. The summed E-state index contributed by atoms with van der Waals surface area (Å²) in [6.45, 7) is -0.354. The van der Waals surface area contributed by atoms with Crippen LogP contribution in [0.1, 0.15) is 16.1 Å². The zero-order chi connectivity index (χ0) is 13.7. The van der Waals surface area contributed by atoms with E-state index >= 15 is 0 Å². The van der Waals surface area contributed by atoms with Crippen molar-refractivity contribution in [3.63, 3.8) is 0 Å². The van der Waals surface area contributed by atoms with Gasteiger partial charge >= 0.3 is 0 Å². The summed E-state index contributed by atoms with van der Waals surface area (Å²) < 4.78 is 17.7. The molecule has 0 saturated heterocycles. The monoisotopic (exact) mass is 260 g/mol. The standard InChI is InChI=1S/C13H9FN2O3/c14-10-3-4-11(9(8-10)2-1-6-17)15-13(18)12-5-7-19-16-12/h3-5,7-8,17H,6H2,(H,15,18). The van der Waals surface area contributed by atoms with E-state index in [1.807, 2.05) is 0 Å². The van der Waals surface area contributed by atoms with Crippen molar-refractivity contribution < 1.29 is 18.8 Å². The van der Waals surface area contributed by atoms with Gasteiger partial charge < -0.3 is 14.9 Å². The molecule has 6 heteroatoms. The van der Waals surface area contributed by atoms with Crippen LogP contribution in [0.5, 0.6) is 0 Å². The maximum atomic E-state index is 13.1. The predicted molar refractivity (Wildman–Crippen MR) is 64.8 cm³/mol. The molecule has 0 atom stereocenters. The molecule has 0 fully saturated rings. The molecule has 0 unspecified atom stereocenters. The van der Waals surface area contributed by atoms with Crippen LogP contribution in [0.2, 0.25) is 0 Å². The van der Waals surface area contributed by atoms with E-state index in [0.29, 0.717) is 5.69 Å². The number of carbonyl (C=O) groups excluding carboxylic acids is 1. The Morgan fingerprint density at radius 2 is 2.32 bits per heavy atom. The third-order valence-corrected chi connectivity index (χ3v) is 2.20. The number of halogens is 1. The van der Waals surface area contributed by atoms with Gasteiger partial charge in [-0.3, -0.25) is 4.79 Å². The fraction of sp³-hybridized carbons (Fsp3) is 0.0769. The Labute approximate surface area is 108 Å². The second-order valence-corrected chi connectivity index (χ2v) is 3.49. The van der Waals surface area contributed by atoms with Gasteiger partial charge in [-0.25, -0.2) is 4.39 Å². The summed E-state index contributed by atoms with van der Waals surface area (Å²) in [5.74, 6) is 3.97. The highest BCUT2D eigenvalue weighted by Gasteiger charge is 2.11. The lowest BCUT2D eigenvalue weighted by Gasteiger charge is -2.05. The number of amides is 1. The first-order chi connectivity index (χ1) is 9.20. The summed E-state index contributed by atoms with van der Waals surface area (Å²) in [7, 11) is 0. The SMILES string of the molecule is O=C(Nc1ccc(F)cc1C#CCO)c1ccon1. The highest BCUT2D eigenvalue weighted by Crippen LogP contribution is 2.16. The Balaban J connectivity index is 2.27. The number of benzene rings is 1. The molecule has 1 aromatic heterocycles. The highest BCUT2D eigenvalue weighted by atomic mass is 19.1.